The molecule has 1 amide bonds. The summed E-state index contributed by atoms with van der Waals surface area (Å²) in [5.41, 5.74) is 5.93. The van der Waals surface area contributed by atoms with Gasteiger partial charge in [-0.15, -0.1) is 0 Å². The van der Waals surface area contributed by atoms with Crippen molar-refractivity contribution >= 4 is 23.2 Å². The van der Waals surface area contributed by atoms with Gasteiger partial charge in [-0.05, 0) is 13.0 Å². The van der Waals surface area contributed by atoms with Gasteiger partial charge < -0.3 is 20.5 Å². The van der Waals surface area contributed by atoms with Crippen molar-refractivity contribution in [3.63, 3.8) is 0 Å². The number of hydrogen-bond donors (Lipinski definition) is 2. The number of nitrogens with two attached hydrogens (primary N) is 1. The van der Waals surface area contributed by atoms with E-state index >= 15 is 0 Å². The number of hydrogen-bond acceptors (Lipinski definition) is 4. The molecular formula is C13H19ClN2O3. The second-order valence-electron chi connectivity index (χ2n) is 4.15. The number of benzene rings is 1. The molecule has 1 aromatic rings. The second-order valence-corrected chi connectivity index (χ2v) is 4.56. The Hall–Kier alpha value is -1.46. The zero-order chi connectivity index (χ0) is 14.4. The van der Waals surface area contributed by atoms with Crippen LogP contribution in [0.5, 0.6) is 11.5 Å². The van der Waals surface area contributed by atoms with Crippen LogP contribution in [0.25, 0.3) is 0 Å². The highest BCUT2D eigenvalue weighted by Gasteiger charge is 2.16. The number of carbonyl (C=O) groups excluding carboxylic acids is 1. The average molecular weight is 287 g/mol. The number of methoxy groups -OCH3 is 2. The summed E-state index contributed by atoms with van der Waals surface area (Å²) < 4.78 is 10.3. The minimum absolute atomic E-state index is 0.125. The van der Waals surface area contributed by atoms with Crippen LogP contribution < -0.4 is 20.5 Å². The summed E-state index contributed by atoms with van der Waals surface area (Å²) >= 11 is 6.09. The van der Waals surface area contributed by atoms with Crippen LogP contribution in [0.1, 0.15) is 13.3 Å². The van der Waals surface area contributed by atoms with E-state index in [4.69, 9.17) is 26.8 Å². The fourth-order valence-electron chi connectivity index (χ4n) is 1.59. The molecule has 3 N–H and O–H groups in total. The van der Waals surface area contributed by atoms with Crippen LogP contribution in [-0.4, -0.2) is 26.7 Å². The lowest BCUT2D eigenvalue weighted by atomic mass is 10.1. The minimum Gasteiger partial charge on any atom is -0.493 e. The van der Waals surface area contributed by atoms with E-state index in [0.717, 1.165) is 0 Å². The highest BCUT2D eigenvalue weighted by Crippen LogP contribution is 2.36. The van der Waals surface area contributed by atoms with E-state index < -0.39 is 0 Å². The highest BCUT2D eigenvalue weighted by molar-refractivity contribution is 6.34. The molecule has 0 saturated carbocycles. The van der Waals surface area contributed by atoms with Crippen LogP contribution in [0.2, 0.25) is 5.02 Å². The van der Waals surface area contributed by atoms with Crippen LogP contribution >= 0.6 is 11.6 Å². The Labute approximate surface area is 118 Å². The molecule has 0 aliphatic heterocycles. The third kappa shape index (κ3) is 4.01. The Morgan fingerprint density at radius 3 is 2.47 bits per heavy atom. The molecule has 1 unspecified atom stereocenters. The molecule has 0 bridgehead atoms. The largest absolute Gasteiger partial charge is 0.493 e. The Morgan fingerprint density at radius 2 is 1.95 bits per heavy atom. The number of ether oxygens (including phenoxy) is 2. The van der Waals surface area contributed by atoms with Crippen molar-refractivity contribution < 1.29 is 14.3 Å². The first kappa shape index (κ1) is 15.6. The van der Waals surface area contributed by atoms with E-state index in [1.807, 2.05) is 6.92 Å². The molecule has 1 aromatic carbocycles. The molecule has 19 heavy (non-hydrogen) atoms. The summed E-state index contributed by atoms with van der Waals surface area (Å²) in [6.45, 7) is 2.28. The number of halogens is 1. The van der Waals surface area contributed by atoms with Crippen molar-refractivity contribution in [1.29, 1.82) is 0 Å². The number of amides is 1. The molecule has 0 fully saturated rings. The van der Waals surface area contributed by atoms with E-state index in [1.165, 1.54) is 14.2 Å². The third-order valence-corrected chi connectivity index (χ3v) is 3.09. The van der Waals surface area contributed by atoms with Crippen LogP contribution in [0.4, 0.5) is 5.69 Å². The molecule has 106 valence electrons. The van der Waals surface area contributed by atoms with Gasteiger partial charge in [-0.25, -0.2) is 0 Å². The monoisotopic (exact) mass is 286 g/mol. The normalized spacial score (nSPS) is 11.8. The van der Waals surface area contributed by atoms with Crippen molar-refractivity contribution in [2.75, 3.05) is 26.1 Å². The average Bonchev–Trinajstić information content (AvgIpc) is 2.40. The number of nitrogens with one attached hydrogen (secondary N) is 1. The number of carbonyl (C=O) groups is 1. The van der Waals surface area contributed by atoms with Gasteiger partial charge in [-0.2, -0.15) is 0 Å². The van der Waals surface area contributed by atoms with Crippen LogP contribution in [0.15, 0.2) is 12.1 Å². The molecule has 1 rings (SSSR count). The summed E-state index contributed by atoms with van der Waals surface area (Å²) in [6, 6.07) is 3.23. The second kappa shape index (κ2) is 7.21. The lowest BCUT2D eigenvalue weighted by Crippen LogP contribution is -2.22. The molecule has 6 heteroatoms. The van der Waals surface area contributed by atoms with Gasteiger partial charge in [0, 0.05) is 18.1 Å². The molecule has 0 aliphatic rings. The lowest BCUT2D eigenvalue weighted by Gasteiger charge is -2.15. The SMILES string of the molecule is COc1cc(Cl)c(NC(=O)C(C)CCN)cc1OC. The van der Waals surface area contributed by atoms with Crippen molar-refractivity contribution in [2.45, 2.75) is 13.3 Å². The van der Waals surface area contributed by atoms with Gasteiger partial charge in [-0.3, -0.25) is 4.79 Å². The topological polar surface area (TPSA) is 73.6 Å². The lowest BCUT2D eigenvalue weighted by molar-refractivity contribution is -0.119. The van der Waals surface area contributed by atoms with Crippen LogP contribution in [0.3, 0.4) is 0 Å². The van der Waals surface area contributed by atoms with Crippen molar-refractivity contribution in [2.24, 2.45) is 11.7 Å². The predicted octanol–water partition coefficient (Wildman–Crippen LogP) is 2.28. The standard InChI is InChI=1S/C13H19ClN2O3/c1-8(4-5-15)13(17)16-10-7-12(19-3)11(18-2)6-9(10)14/h6-8H,4-5,15H2,1-3H3,(H,16,17). The first-order valence-corrected chi connectivity index (χ1v) is 6.33. The smallest absolute Gasteiger partial charge is 0.227 e. The van der Waals surface area contributed by atoms with E-state index in [9.17, 15) is 4.79 Å². The zero-order valence-corrected chi connectivity index (χ0v) is 12.1. The summed E-state index contributed by atoms with van der Waals surface area (Å²) in [4.78, 5) is 11.9. The first-order chi connectivity index (χ1) is 9.03. The summed E-state index contributed by atoms with van der Waals surface area (Å²) in [7, 11) is 3.05. The molecule has 1 atom stereocenters. The fraction of sp³-hybridized carbons (Fsp3) is 0.462. The maximum Gasteiger partial charge on any atom is 0.227 e. The van der Waals surface area contributed by atoms with Gasteiger partial charge >= 0.3 is 0 Å². The molecule has 0 heterocycles. The maximum absolute atomic E-state index is 11.9. The van der Waals surface area contributed by atoms with Crippen LogP contribution in [0, 0.1) is 5.92 Å². The predicted molar refractivity (Wildman–Crippen MR) is 76.0 cm³/mol. The van der Waals surface area contributed by atoms with Crippen LogP contribution in [-0.2, 0) is 4.79 Å². The van der Waals surface area contributed by atoms with Crippen molar-refractivity contribution in [3.05, 3.63) is 17.2 Å². The Balaban J connectivity index is 2.92. The molecule has 0 aliphatic carbocycles. The molecule has 0 radical (unpaired) electrons. The molecule has 5 nitrogen and oxygen atoms in total. The van der Waals surface area contributed by atoms with Gasteiger partial charge in [0.1, 0.15) is 0 Å². The van der Waals surface area contributed by atoms with Crippen molar-refractivity contribution in [1.82, 2.24) is 0 Å². The highest BCUT2D eigenvalue weighted by atomic mass is 35.5. The molecular weight excluding hydrogens is 268 g/mol. The molecule has 0 saturated heterocycles. The van der Waals surface area contributed by atoms with Gasteiger partial charge in [0.25, 0.3) is 0 Å². The number of rotatable bonds is 6. The van der Waals surface area contributed by atoms with Gasteiger partial charge in [0.2, 0.25) is 5.91 Å². The fourth-order valence-corrected chi connectivity index (χ4v) is 1.79. The summed E-state index contributed by atoms with van der Waals surface area (Å²) in [6.07, 6.45) is 0.622. The molecule has 0 spiro atoms. The van der Waals surface area contributed by atoms with Crippen molar-refractivity contribution in [3.8, 4) is 11.5 Å². The van der Waals surface area contributed by atoms with E-state index in [-0.39, 0.29) is 11.8 Å². The van der Waals surface area contributed by atoms with E-state index in [1.54, 1.807) is 12.1 Å². The third-order valence-electron chi connectivity index (χ3n) is 2.78. The first-order valence-electron chi connectivity index (χ1n) is 5.96. The molecule has 0 aromatic heterocycles. The summed E-state index contributed by atoms with van der Waals surface area (Å²) in [5.74, 6) is 0.725. The number of anilines is 1. The van der Waals surface area contributed by atoms with E-state index in [0.29, 0.717) is 35.2 Å². The minimum atomic E-state index is -0.172. The Kier molecular flexibility index (Phi) is 5.92. The van der Waals surface area contributed by atoms with E-state index in [2.05, 4.69) is 5.32 Å². The Bertz CT molecular complexity index is 452. The maximum atomic E-state index is 11.9. The quantitative estimate of drug-likeness (QED) is 0.841. The Morgan fingerprint density at radius 1 is 1.37 bits per heavy atom. The van der Waals surface area contributed by atoms with Gasteiger partial charge in [0.05, 0.1) is 24.9 Å². The zero-order valence-electron chi connectivity index (χ0n) is 11.3. The van der Waals surface area contributed by atoms with Gasteiger partial charge in [-0.1, -0.05) is 18.5 Å². The summed E-state index contributed by atoms with van der Waals surface area (Å²) in [5, 5.41) is 3.15. The van der Waals surface area contributed by atoms with Gasteiger partial charge in [0.15, 0.2) is 11.5 Å².